The summed E-state index contributed by atoms with van der Waals surface area (Å²) in [5.74, 6) is 1.28. The van der Waals surface area contributed by atoms with E-state index in [1.807, 2.05) is 29.2 Å². The van der Waals surface area contributed by atoms with Crippen LogP contribution in [0.2, 0.25) is 0 Å². The lowest BCUT2D eigenvalue weighted by Crippen LogP contribution is -2.49. The SMILES string of the molecule is CO[C@@H]1CCN(C[C@@H](C)Oc2nc3c(c(N4CCN(C(C)=O)CC4)n2)CCN(c2cc(O)cc4ccccc24)C3)C1. The van der Waals surface area contributed by atoms with Gasteiger partial charge in [0, 0.05) is 89.1 Å². The maximum atomic E-state index is 11.9. The minimum absolute atomic E-state index is 0.0826. The Kier molecular flexibility index (Phi) is 7.86. The summed E-state index contributed by atoms with van der Waals surface area (Å²) in [6, 6.07) is 12.2. The monoisotopic (exact) mass is 560 g/mol. The maximum Gasteiger partial charge on any atom is 0.318 e. The van der Waals surface area contributed by atoms with Crippen LogP contribution in [-0.4, -0.2) is 102 Å². The molecule has 10 nitrogen and oxygen atoms in total. The molecule has 0 aliphatic carbocycles. The van der Waals surface area contributed by atoms with Gasteiger partial charge in [0.15, 0.2) is 0 Å². The predicted molar refractivity (Wildman–Crippen MR) is 159 cm³/mol. The molecule has 1 amide bonds. The predicted octanol–water partition coefficient (Wildman–Crippen LogP) is 3.05. The van der Waals surface area contributed by atoms with E-state index in [9.17, 15) is 9.90 Å². The summed E-state index contributed by atoms with van der Waals surface area (Å²) in [6.07, 6.45) is 2.01. The molecule has 0 spiro atoms. The third-order valence-electron chi connectivity index (χ3n) is 8.60. The van der Waals surface area contributed by atoms with Gasteiger partial charge in [-0.05, 0) is 31.2 Å². The first-order chi connectivity index (χ1) is 19.9. The molecule has 2 aromatic carbocycles. The molecular formula is C31H40N6O4. The van der Waals surface area contributed by atoms with Crippen molar-refractivity contribution in [3.05, 3.63) is 47.7 Å². The fraction of sp³-hybridized carbons (Fsp3) is 0.516. The average molecular weight is 561 g/mol. The molecule has 0 radical (unpaired) electrons. The first-order valence-corrected chi connectivity index (χ1v) is 14.7. The van der Waals surface area contributed by atoms with Gasteiger partial charge in [0.2, 0.25) is 5.91 Å². The molecule has 3 aliphatic heterocycles. The molecule has 3 aliphatic rings. The largest absolute Gasteiger partial charge is 0.508 e. The van der Waals surface area contributed by atoms with Crippen LogP contribution in [0.5, 0.6) is 11.8 Å². The molecule has 218 valence electrons. The normalized spacial score (nSPS) is 20.4. The third kappa shape index (κ3) is 5.90. The van der Waals surface area contributed by atoms with Gasteiger partial charge in [-0.3, -0.25) is 9.69 Å². The second-order valence-corrected chi connectivity index (χ2v) is 11.4. The summed E-state index contributed by atoms with van der Waals surface area (Å²) in [7, 11) is 1.77. The van der Waals surface area contributed by atoms with Crippen molar-refractivity contribution in [3.63, 3.8) is 0 Å². The number of benzene rings is 2. The van der Waals surface area contributed by atoms with Gasteiger partial charge in [-0.15, -0.1) is 0 Å². The Hall–Kier alpha value is -3.63. The van der Waals surface area contributed by atoms with Crippen LogP contribution in [0.25, 0.3) is 10.8 Å². The number of methoxy groups -OCH3 is 1. The molecule has 2 fully saturated rings. The fourth-order valence-corrected chi connectivity index (χ4v) is 6.41. The highest BCUT2D eigenvalue weighted by atomic mass is 16.5. The van der Waals surface area contributed by atoms with Crippen molar-refractivity contribution in [2.75, 3.05) is 69.3 Å². The summed E-state index contributed by atoms with van der Waals surface area (Å²) < 4.78 is 11.9. The highest BCUT2D eigenvalue weighted by Crippen LogP contribution is 2.36. The number of phenolic OH excluding ortho intramolecular Hbond substituents is 1. The van der Waals surface area contributed by atoms with Gasteiger partial charge in [-0.2, -0.15) is 9.97 Å². The number of hydrogen-bond acceptors (Lipinski definition) is 9. The topological polar surface area (TPSA) is 94.5 Å². The Morgan fingerprint density at radius 1 is 1.07 bits per heavy atom. The summed E-state index contributed by atoms with van der Waals surface area (Å²) >= 11 is 0. The number of aromatic hydroxyl groups is 1. The number of rotatable bonds is 7. The molecule has 2 saturated heterocycles. The number of fused-ring (bicyclic) bond motifs is 2. The molecule has 10 heteroatoms. The van der Waals surface area contributed by atoms with Crippen LogP contribution in [0.4, 0.5) is 11.5 Å². The highest BCUT2D eigenvalue weighted by molar-refractivity contribution is 5.95. The second-order valence-electron chi connectivity index (χ2n) is 11.4. The van der Waals surface area contributed by atoms with Crippen LogP contribution in [0.3, 0.4) is 0 Å². The average Bonchev–Trinajstić information content (AvgIpc) is 3.43. The van der Waals surface area contributed by atoms with E-state index in [1.165, 1.54) is 0 Å². The van der Waals surface area contributed by atoms with Gasteiger partial charge in [0.05, 0.1) is 18.3 Å². The molecule has 6 rings (SSSR count). The van der Waals surface area contributed by atoms with Crippen LogP contribution in [-0.2, 0) is 22.5 Å². The first kappa shape index (κ1) is 27.5. The Balaban J connectivity index is 1.28. The van der Waals surface area contributed by atoms with Crippen molar-refractivity contribution in [1.29, 1.82) is 0 Å². The van der Waals surface area contributed by atoms with E-state index in [1.54, 1.807) is 20.1 Å². The van der Waals surface area contributed by atoms with Crippen LogP contribution < -0.4 is 14.5 Å². The molecule has 4 heterocycles. The van der Waals surface area contributed by atoms with E-state index in [2.05, 4.69) is 27.7 Å². The second kappa shape index (κ2) is 11.7. The number of phenols is 1. The van der Waals surface area contributed by atoms with Crippen molar-refractivity contribution in [2.45, 2.75) is 45.4 Å². The van der Waals surface area contributed by atoms with E-state index in [0.29, 0.717) is 25.6 Å². The molecular weight excluding hydrogens is 520 g/mol. The fourth-order valence-electron chi connectivity index (χ4n) is 6.41. The molecule has 3 aromatic rings. The van der Waals surface area contributed by atoms with Gasteiger partial charge in [-0.25, -0.2) is 0 Å². The van der Waals surface area contributed by atoms with E-state index in [-0.39, 0.29) is 23.9 Å². The highest BCUT2D eigenvalue weighted by Gasteiger charge is 2.30. The molecule has 0 saturated carbocycles. The molecule has 41 heavy (non-hydrogen) atoms. The number of ether oxygens (including phenoxy) is 2. The number of anilines is 2. The molecule has 0 unspecified atom stereocenters. The van der Waals surface area contributed by atoms with Gasteiger partial charge in [-0.1, -0.05) is 24.3 Å². The smallest absolute Gasteiger partial charge is 0.318 e. The lowest BCUT2D eigenvalue weighted by atomic mass is 10.0. The van der Waals surface area contributed by atoms with E-state index >= 15 is 0 Å². The van der Waals surface area contributed by atoms with Crippen molar-refractivity contribution in [2.24, 2.45) is 0 Å². The van der Waals surface area contributed by atoms with E-state index in [0.717, 1.165) is 85.6 Å². The van der Waals surface area contributed by atoms with Crippen LogP contribution in [0, 0.1) is 0 Å². The minimum Gasteiger partial charge on any atom is -0.508 e. The Morgan fingerprint density at radius 2 is 1.88 bits per heavy atom. The number of likely N-dealkylation sites (tertiary alicyclic amines) is 1. The van der Waals surface area contributed by atoms with E-state index < -0.39 is 0 Å². The maximum absolute atomic E-state index is 11.9. The van der Waals surface area contributed by atoms with Gasteiger partial charge in [0.1, 0.15) is 17.7 Å². The number of nitrogens with zero attached hydrogens (tertiary/aromatic N) is 6. The van der Waals surface area contributed by atoms with Gasteiger partial charge >= 0.3 is 6.01 Å². The van der Waals surface area contributed by atoms with Gasteiger partial charge in [0.25, 0.3) is 0 Å². The van der Waals surface area contributed by atoms with Crippen molar-refractivity contribution >= 4 is 28.2 Å². The number of amides is 1. The zero-order valence-corrected chi connectivity index (χ0v) is 24.3. The molecule has 2 atom stereocenters. The lowest BCUT2D eigenvalue weighted by molar-refractivity contribution is -0.129. The van der Waals surface area contributed by atoms with Crippen LogP contribution >= 0.6 is 0 Å². The summed E-state index contributed by atoms with van der Waals surface area (Å²) in [4.78, 5) is 30.7. The lowest BCUT2D eigenvalue weighted by Gasteiger charge is -2.38. The molecule has 0 bridgehead atoms. The number of carbonyl (C=O) groups is 1. The van der Waals surface area contributed by atoms with E-state index in [4.69, 9.17) is 19.4 Å². The number of aromatic nitrogens is 2. The van der Waals surface area contributed by atoms with Crippen molar-refractivity contribution < 1.29 is 19.4 Å². The molecule has 1 N–H and O–H groups in total. The van der Waals surface area contributed by atoms with Gasteiger partial charge < -0.3 is 29.3 Å². The van der Waals surface area contributed by atoms with Crippen LogP contribution in [0.15, 0.2) is 36.4 Å². The molecule has 1 aromatic heterocycles. The Labute approximate surface area is 241 Å². The van der Waals surface area contributed by atoms with Crippen molar-refractivity contribution in [1.82, 2.24) is 19.8 Å². The summed E-state index contributed by atoms with van der Waals surface area (Å²) in [5, 5.41) is 12.6. The standard InChI is InChI=1S/C31H40N6O4/c1-21(18-34-10-8-25(19-34)40-3)41-31-32-28-20-37(29-17-24(39)16-23-6-4-5-7-26(23)29)11-9-27(28)30(33-31)36-14-12-35(13-15-36)22(2)38/h4-7,16-17,21,25,39H,8-15,18-20H2,1-3H3/t21-,25-/m1/s1. The first-order valence-electron chi connectivity index (χ1n) is 14.7. The summed E-state index contributed by atoms with van der Waals surface area (Å²) in [6.45, 7) is 10.6. The Bertz CT molecular complexity index is 1410. The van der Waals surface area contributed by atoms with Crippen LogP contribution in [0.1, 0.15) is 31.5 Å². The number of piperazine rings is 1. The quantitative estimate of drug-likeness (QED) is 0.468. The third-order valence-corrected chi connectivity index (χ3v) is 8.60. The van der Waals surface area contributed by atoms with Crippen molar-refractivity contribution in [3.8, 4) is 11.8 Å². The summed E-state index contributed by atoms with van der Waals surface area (Å²) in [5.41, 5.74) is 3.09. The Morgan fingerprint density at radius 3 is 2.63 bits per heavy atom. The minimum atomic E-state index is -0.0826. The number of carbonyl (C=O) groups excluding carboxylic acids is 1. The zero-order chi connectivity index (χ0) is 28.5. The number of hydrogen-bond donors (Lipinski definition) is 1. The zero-order valence-electron chi connectivity index (χ0n) is 24.3.